The monoisotopic (exact) mass is 856 g/mol. The van der Waals surface area contributed by atoms with E-state index in [1.54, 1.807) is 74.2 Å². The van der Waals surface area contributed by atoms with Gasteiger partial charge in [0.15, 0.2) is 11.4 Å². The van der Waals surface area contributed by atoms with Gasteiger partial charge in [0.05, 0.1) is 10.7 Å². The molecule has 2 amide bonds. The molecule has 1 aliphatic carbocycles. The number of nitrogens with zero attached hydrogens (tertiary/aromatic N) is 3. The number of rotatable bonds is 12. The summed E-state index contributed by atoms with van der Waals surface area (Å²) in [5, 5.41) is 23.0. The highest BCUT2D eigenvalue weighted by molar-refractivity contribution is 6.34. The number of halogens is 1. The number of anilines is 2. The first-order chi connectivity index (χ1) is 29.1. The molecule has 0 aliphatic heterocycles. The summed E-state index contributed by atoms with van der Waals surface area (Å²) in [5.41, 5.74) is 5.73. The molecule has 0 saturated heterocycles. The number of nitrogens with one attached hydrogen (secondary N) is 1. The predicted octanol–water partition coefficient (Wildman–Crippen LogP) is 12.4. The maximum absolute atomic E-state index is 14.4. The highest BCUT2D eigenvalue weighted by Crippen LogP contribution is 2.38. The Morgan fingerprint density at radius 3 is 2.26 bits per heavy atom. The van der Waals surface area contributed by atoms with Crippen LogP contribution in [0.25, 0.3) is 22.7 Å². The predicted molar refractivity (Wildman–Crippen MR) is 246 cm³/mol. The zero-order valence-electron chi connectivity index (χ0n) is 37.2. The molecule has 1 atom stereocenters. The number of oxazole rings is 1. The first-order valence-electron chi connectivity index (χ1n) is 21.2. The number of ketones is 1. The van der Waals surface area contributed by atoms with Crippen LogP contribution in [0, 0.1) is 29.1 Å². The number of Topliss-reactive ketones (excluding diaryl/α,β-unsaturated/α-hetero) is 1. The second-order valence-corrected chi connectivity index (χ2v) is 19.8. The van der Waals surface area contributed by atoms with Gasteiger partial charge in [-0.15, -0.1) is 0 Å². The molecule has 11 heteroatoms. The molecule has 10 nitrogen and oxygen atoms in total. The Hall–Kier alpha value is -5.92. The van der Waals surface area contributed by atoms with Crippen LogP contribution < -0.4 is 10.2 Å². The molecule has 1 unspecified atom stereocenters. The van der Waals surface area contributed by atoms with Crippen molar-refractivity contribution in [1.29, 1.82) is 5.26 Å². The van der Waals surface area contributed by atoms with Crippen molar-refractivity contribution in [3.8, 4) is 11.8 Å². The van der Waals surface area contributed by atoms with Gasteiger partial charge in [-0.05, 0) is 126 Å². The quantitative estimate of drug-likeness (QED) is 0.0931. The average molecular weight is 857 g/mol. The van der Waals surface area contributed by atoms with Gasteiger partial charge in [0, 0.05) is 17.1 Å². The normalized spacial score (nSPS) is 14.4. The summed E-state index contributed by atoms with van der Waals surface area (Å²) in [4.78, 5) is 48.6. The van der Waals surface area contributed by atoms with E-state index in [1.165, 1.54) is 0 Å². The van der Waals surface area contributed by atoms with Gasteiger partial charge < -0.3 is 19.6 Å². The molecule has 0 spiro atoms. The van der Waals surface area contributed by atoms with E-state index < -0.39 is 29.3 Å². The van der Waals surface area contributed by atoms with Gasteiger partial charge >= 0.3 is 6.09 Å². The van der Waals surface area contributed by atoms with Crippen molar-refractivity contribution in [2.24, 2.45) is 10.8 Å². The SMILES string of the molecule is Cc1cc(N(C(=O)OC(C(=O)Nc2cc(Cc3ccc(O)cc3)ccc2Cl)C(=O)C(C)(C)C)C2CCCC2)ccc1/C=C(\C#N)c1nc2cc(C(C)(C)CC(C)(C)C)ccc2o1. The first-order valence-corrected chi connectivity index (χ1v) is 21.5. The van der Waals surface area contributed by atoms with Crippen molar-refractivity contribution in [3.05, 3.63) is 118 Å². The Bertz CT molecular complexity index is 2550. The number of carbonyl (C=O) groups excluding carboxylic acids is 3. The van der Waals surface area contributed by atoms with Crippen LogP contribution in [0.4, 0.5) is 16.2 Å². The summed E-state index contributed by atoms with van der Waals surface area (Å²) in [7, 11) is 0. The van der Waals surface area contributed by atoms with E-state index in [4.69, 9.17) is 25.7 Å². The molecule has 0 radical (unpaired) electrons. The fourth-order valence-corrected chi connectivity index (χ4v) is 8.56. The van der Waals surface area contributed by atoms with Crippen LogP contribution >= 0.6 is 11.6 Å². The van der Waals surface area contributed by atoms with Gasteiger partial charge in [-0.1, -0.05) is 110 Å². The summed E-state index contributed by atoms with van der Waals surface area (Å²) in [6, 6.07) is 25.5. The molecule has 0 bridgehead atoms. The number of aromatic nitrogens is 1. The zero-order valence-corrected chi connectivity index (χ0v) is 37.9. The number of phenols is 1. The van der Waals surface area contributed by atoms with Crippen LogP contribution in [0.3, 0.4) is 0 Å². The van der Waals surface area contributed by atoms with Gasteiger partial charge in [0.2, 0.25) is 12.0 Å². The van der Waals surface area contributed by atoms with Gasteiger partial charge in [0.25, 0.3) is 5.91 Å². The van der Waals surface area contributed by atoms with E-state index in [1.807, 2.05) is 37.3 Å². The number of nitriles is 1. The van der Waals surface area contributed by atoms with E-state index in [9.17, 15) is 24.8 Å². The molecule has 324 valence electrons. The van der Waals surface area contributed by atoms with Gasteiger partial charge in [0.1, 0.15) is 22.9 Å². The first kappa shape index (κ1) is 45.6. The summed E-state index contributed by atoms with van der Waals surface area (Å²) >= 11 is 6.54. The zero-order chi connectivity index (χ0) is 45.1. The highest BCUT2D eigenvalue weighted by atomic mass is 35.5. The number of phenolic OH excluding ortho intramolecular Hbond substituents is 1. The Morgan fingerprint density at radius 1 is 0.952 bits per heavy atom. The Labute approximate surface area is 369 Å². The van der Waals surface area contributed by atoms with Crippen LogP contribution in [-0.4, -0.2) is 40.0 Å². The minimum Gasteiger partial charge on any atom is -0.508 e. The molecule has 1 aliphatic rings. The Balaban J connectivity index is 1.26. The lowest BCUT2D eigenvalue weighted by Gasteiger charge is -2.32. The topological polar surface area (TPSA) is 146 Å². The van der Waals surface area contributed by atoms with Crippen LogP contribution in [0.1, 0.15) is 121 Å². The number of ether oxygens (including phenoxy) is 1. The number of hydrogen-bond acceptors (Lipinski definition) is 8. The number of benzene rings is 4. The van der Waals surface area contributed by atoms with Crippen LogP contribution in [0.5, 0.6) is 5.75 Å². The van der Waals surface area contributed by atoms with Crippen molar-refractivity contribution in [2.75, 3.05) is 10.2 Å². The lowest BCUT2D eigenvalue weighted by molar-refractivity contribution is -0.142. The lowest BCUT2D eigenvalue weighted by atomic mass is 9.72. The molecular weight excluding hydrogens is 800 g/mol. The third-order valence-electron chi connectivity index (χ3n) is 11.3. The van der Waals surface area contributed by atoms with Crippen molar-refractivity contribution in [2.45, 2.75) is 118 Å². The van der Waals surface area contributed by atoms with Crippen molar-refractivity contribution in [3.63, 3.8) is 0 Å². The number of aromatic hydroxyl groups is 1. The molecule has 1 fully saturated rings. The van der Waals surface area contributed by atoms with Crippen molar-refractivity contribution < 1.29 is 28.6 Å². The van der Waals surface area contributed by atoms with E-state index >= 15 is 0 Å². The summed E-state index contributed by atoms with van der Waals surface area (Å²) < 4.78 is 12.0. The van der Waals surface area contributed by atoms with Crippen LogP contribution in [-0.2, 0) is 26.2 Å². The van der Waals surface area contributed by atoms with Crippen molar-refractivity contribution >= 4 is 63.5 Å². The largest absolute Gasteiger partial charge is 0.508 e. The number of aryl methyl sites for hydroxylation is 1. The molecule has 62 heavy (non-hydrogen) atoms. The average Bonchev–Trinajstić information content (AvgIpc) is 3.88. The maximum Gasteiger partial charge on any atom is 0.415 e. The Kier molecular flexibility index (Phi) is 13.4. The summed E-state index contributed by atoms with van der Waals surface area (Å²) in [6.07, 6.45) is 3.84. The van der Waals surface area contributed by atoms with Gasteiger partial charge in [-0.3, -0.25) is 14.5 Å². The van der Waals surface area contributed by atoms with Crippen LogP contribution in [0.15, 0.2) is 83.3 Å². The molecule has 4 aromatic carbocycles. The summed E-state index contributed by atoms with van der Waals surface area (Å²) in [5.74, 6) is -1.02. The number of fused-ring (bicyclic) bond motifs is 1. The number of amides is 2. The molecule has 1 heterocycles. The molecule has 5 aromatic rings. The van der Waals surface area contributed by atoms with Gasteiger partial charge in [-0.2, -0.15) is 5.26 Å². The van der Waals surface area contributed by atoms with Crippen LogP contribution in [0.2, 0.25) is 5.02 Å². The fraction of sp³-hybridized carbons (Fsp3) is 0.392. The number of hydrogen-bond donors (Lipinski definition) is 2. The van der Waals surface area contributed by atoms with Gasteiger partial charge in [-0.25, -0.2) is 9.78 Å². The third kappa shape index (κ3) is 10.9. The maximum atomic E-state index is 14.4. The van der Waals surface area contributed by atoms with Crippen molar-refractivity contribution in [1.82, 2.24) is 4.98 Å². The Morgan fingerprint density at radius 2 is 1.63 bits per heavy atom. The minimum absolute atomic E-state index is 0.0930. The third-order valence-corrected chi connectivity index (χ3v) is 11.6. The van der Waals surface area contributed by atoms with E-state index in [0.717, 1.165) is 47.1 Å². The molecule has 6 rings (SSSR count). The second kappa shape index (κ2) is 18.2. The van der Waals surface area contributed by atoms with E-state index in [2.05, 4.69) is 52.1 Å². The lowest BCUT2D eigenvalue weighted by Crippen LogP contribution is -2.48. The van der Waals surface area contributed by atoms with E-state index in [0.29, 0.717) is 36.0 Å². The summed E-state index contributed by atoms with van der Waals surface area (Å²) in [6.45, 7) is 18.0. The molecule has 2 N–H and O–H groups in total. The standard InChI is InChI=1S/C51H57ClN4O6/c1-31-24-38(19-17-34(31)27-35(29-53)47-55-42-28-36(18-23-43(42)61-47)51(8,9)30-49(2,3)4)56(37-12-10-11-13-37)48(60)62-44(45(58)50(5,6)7)46(59)54-41-26-33(16-22-40(41)52)25-32-14-20-39(57)21-15-32/h14-24,26-28,37,44,57H,10-13,25,30H2,1-9H3,(H,54,59)/b35-27+. The molecule has 1 saturated carbocycles. The fourth-order valence-electron chi connectivity index (χ4n) is 8.39. The number of allylic oxidation sites excluding steroid dienone is 1. The second-order valence-electron chi connectivity index (χ2n) is 19.4. The highest BCUT2D eigenvalue weighted by Gasteiger charge is 2.41. The number of carbonyl (C=O) groups is 3. The van der Waals surface area contributed by atoms with E-state index in [-0.39, 0.29) is 44.8 Å². The molecular formula is C51H57ClN4O6. The smallest absolute Gasteiger partial charge is 0.415 e. The molecule has 1 aromatic heterocycles. The minimum atomic E-state index is -1.78.